The molecule has 1 atom stereocenters. The predicted molar refractivity (Wildman–Crippen MR) is 82.5 cm³/mol. The molecule has 1 aromatic rings. The van der Waals surface area contributed by atoms with Gasteiger partial charge in [-0.2, -0.15) is 5.10 Å². The Morgan fingerprint density at radius 1 is 1.48 bits per heavy atom. The molecule has 7 nitrogen and oxygen atoms in total. The van der Waals surface area contributed by atoms with E-state index in [1.54, 1.807) is 18.7 Å². The van der Waals surface area contributed by atoms with E-state index in [0.717, 1.165) is 18.6 Å². The van der Waals surface area contributed by atoms with Crippen molar-refractivity contribution >= 4 is 5.97 Å². The summed E-state index contributed by atoms with van der Waals surface area (Å²) in [5, 5.41) is 6.28. The van der Waals surface area contributed by atoms with Crippen LogP contribution in [0.1, 0.15) is 35.5 Å². The SMILES string of the molecule is COC(=O)c1cn([C@@H](C)CCc2ccco2)cc2c(=O)[nH]nc1-2. The molecule has 0 spiro atoms. The van der Waals surface area contributed by atoms with Crippen molar-refractivity contribution in [3.8, 4) is 11.3 Å². The van der Waals surface area contributed by atoms with Crippen molar-refractivity contribution in [2.75, 3.05) is 7.11 Å². The summed E-state index contributed by atoms with van der Waals surface area (Å²) in [7, 11) is 1.30. The van der Waals surface area contributed by atoms with Crippen LogP contribution in [-0.4, -0.2) is 27.8 Å². The summed E-state index contributed by atoms with van der Waals surface area (Å²) >= 11 is 0. The van der Waals surface area contributed by atoms with E-state index >= 15 is 0 Å². The van der Waals surface area contributed by atoms with E-state index in [-0.39, 0.29) is 17.2 Å². The number of carbonyl (C=O) groups is 1. The number of nitrogens with zero attached hydrogens (tertiary/aromatic N) is 2. The first-order valence-corrected chi connectivity index (χ1v) is 7.30. The molecule has 2 aliphatic heterocycles. The lowest BCUT2D eigenvalue weighted by Crippen LogP contribution is -2.14. The van der Waals surface area contributed by atoms with Gasteiger partial charge >= 0.3 is 5.97 Å². The number of aryl methyl sites for hydroxylation is 1. The number of H-pyrrole nitrogens is 1. The molecule has 3 heterocycles. The average Bonchev–Trinajstić information content (AvgIpc) is 3.21. The largest absolute Gasteiger partial charge is 0.469 e. The van der Waals surface area contributed by atoms with Gasteiger partial charge in [-0.1, -0.05) is 0 Å². The van der Waals surface area contributed by atoms with Crippen LogP contribution in [0.5, 0.6) is 0 Å². The van der Waals surface area contributed by atoms with Crippen LogP contribution in [0.25, 0.3) is 11.3 Å². The first kappa shape index (κ1) is 15.1. The molecule has 120 valence electrons. The van der Waals surface area contributed by atoms with Crippen LogP contribution in [-0.2, 0) is 11.2 Å². The number of fused-ring (bicyclic) bond motifs is 1. The molecule has 0 radical (unpaired) electrons. The number of carbonyl (C=O) groups excluding carboxylic acids is 1. The highest BCUT2D eigenvalue weighted by Gasteiger charge is 2.22. The van der Waals surface area contributed by atoms with Crippen molar-refractivity contribution in [3.63, 3.8) is 0 Å². The lowest BCUT2D eigenvalue weighted by Gasteiger charge is -2.18. The van der Waals surface area contributed by atoms with Gasteiger partial charge in [-0.15, -0.1) is 0 Å². The minimum absolute atomic E-state index is 0.0715. The number of hydrogen-bond acceptors (Lipinski definition) is 5. The molecule has 0 saturated heterocycles. The summed E-state index contributed by atoms with van der Waals surface area (Å²) in [6.07, 6.45) is 6.59. The van der Waals surface area contributed by atoms with Crippen molar-refractivity contribution in [2.24, 2.45) is 0 Å². The van der Waals surface area contributed by atoms with Gasteiger partial charge in [0, 0.05) is 24.9 Å². The van der Waals surface area contributed by atoms with Gasteiger partial charge < -0.3 is 13.7 Å². The second-order valence-electron chi connectivity index (χ2n) is 5.39. The summed E-state index contributed by atoms with van der Waals surface area (Å²) < 4.78 is 12.0. The highest BCUT2D eigenvalue weighted by Crippen LogP contribution is 2.24. The van der Waals surface area contributed by atoms with Crippen molar-refractivity contribution < 1.29 is 13.9 Å². The normalized spacial score (nSPS) is 12.4. The van der Waals surface area contributed by atoms with Crippen LogP contribution in [0.2, 0.25) is 0 Å². The highest BCUT2D eigenvalue weighted by atomic mass is 16.5. The Morgan fingerprint density at radius 2 is 2.30 bits per heavy atom. The van der Waals surface area contributed by atoms with Gasteiger partial charge in [-0.3, -0.25) is 4.79 Å². The molecule has 3 rings (SSSR count). The Balaban J connectivity index is 1.93. The summed E-state index contributed by atoms with van der Waals surface area (Å²) in [6, 6.07) is 3.85. The number of aromatic amines is 1. The number of hydrogen-bond donors (Lipinski definition) is 1. The summed E-state index contributed by atoms with van der Waals surface area (Å²) in [5.41, 5.74) is 0.653. The van der Waals surface area contributed by atoms with Crippen molar-refractivity contribution in [1.82, 2.24) is 14.8 Å². The molecule has 0 saturated carbocycles. The quantitative estimate of drug-likeness (QED) is 0.729. The monoisotopic (exact) mass is 315 g/mol. The van der Waals surface area contributed by atoms with E-state index in [2.05, 4.69) is 10.2 Å². The second-order valence-corrected chi connectivity index (χ2v) is 5.39. The lowest BCUT2D eigenvalue weighted by atomic mass is 10.1. The number of esters is 1. The van der Waals surface area contributed by atoms with E-state index < -0.39 is 5.97 Å². The highest BCUT2D eigenvalue weighted by molar-refractivity contribution is 5.95. The average molecular weight is 315 g/mol. The maximum absolute atomic E-state index is 11.9. The zero-order chi connectivity index (χ0) is 16.4. The number of furan rings is 1. The molecule has 0 amide bonds. The molecule has 0 bridgehead atoms. The number of pyridine rings is 1. The Bertz CT molecular complexity index is 832. The van der Waals surface area contributed by atoms with Crippen LogP contribution >= 0.6 is 0 Å². The van der Waals surface area contributed by atoms with Crippen molar-refractivity contribution in [1.29, 1.82) is 0 Å². The van der Waals surface area contributed by atoms with Gasteiger partial charge in [0.05, 0.1) is 18.9 Å². The number of methoxy groups -OCH3 is 1. The van der Waals surface area contributed by atoms with E-state index in [9.17, 15) is 9.59 Å². The predicted octanol–water partition coefficient (Wildman–Crippen LogP) is 2.25. The second kappa shape index (κ2) is 6.12. The minimum Gasteiger partial charge on any atom is -0.469 e. The summed E-state index contributed by atoms with van der Waals surface area (Å²) in [5.74, 6) is 0.383. The van der Waals surface area contributed by atoms with E-state index in [4.69, 9.17) is 9.15 Å². The zero-order valence-corrected chi connectivity index (χ0v) is 12.9. The van der Waals surface area contributed by atoms with Gasteiger partial charge in [0.2, 0.25) is 0 Å². The third-order valence-electron chi connectivity index (χ3n) is 3.88. The molecule has 7 heteroatoms. The lowest BCUT2D eigenvalue weighted by molar-refractivity contribution is 0.0600. The molecule has 0 aliphatic carbocycles. The molecule has 1 aromatic heterocycles. The van der Waals surface area contributed by atoms with Gasteiger partial charge in [-0.25, -0.2) is 9.89 Å². The Labute approximate surface area is 132 Å². The third-order valence-corrected chi connectivity index (χ3v) is 3.88. The number of rotatable bonds is 5. The first-order valence-electron chi connectivity index (χ1n) is 7.30. The third kappa shape index (κ3) is 2.90. The van der Waals surface area contributed by atoms with Gasteiger partial charge in [-0.05, 0) is 25.5 Å². The molecule has 0 unspecified atom stereocenters. The van der Waals surface area contributed by atoms with Crippen LogP contribution in [0, 0.1) is 0 Å². The van der Waals surface area contributed by atoms with Crippen molar-refractivity contribution in [2.45, 2.75) is 25.8 Å². The fourth-order valence-corrected chi connectivity index (χ4v) is 2.53. The van der Waals surface area contributed by atoms with E-state index in [1.165, 1.54) is 7.11 Å². The fraction of sp³-hybridized carbons (Fsp3) is 0.312. The first-order chi connectivity index (χ1) is 11.1. The molecular formula is C16H17N3O4. The van der Waals surface area contributed by atoms with Crippen LogP contribution in [0.3, 0.4) is 0 Å². The van der Waals surface area contributed by atoms with Crippen LogP contribution in [0.4, 0.5) is 0 Å². The zero-order valence-electron chi connectivity index (χ0n) is 12.9. The van der Waals surface area contributed by atoms with Crippen LogP contribution in [0.15, 0.2) is 40.0 Å². The van der Waals surface area contributed by atoms with Gasteiger partial charge in [0.15, 0.2) is 0 Å². The Kier molecular flexibility index (Phi) is 4.01. The Hall–Kier alpha value is -2.83. The molecule has 2 aliphatic rings. The molecule has 1 N–H and O–H groups in total. The molecule has 0 fully saturated rings. The molecule has 0 aromatic carbocycles. The smallest absolute Gasteiger partial charge is 0.341 e. The number of ether oxygens (including phenoxy) is 1. The number of aromatic nitrogens is 3. The standard InChI is InChI=1S/C16H17N3O4/c1-10(5-6-11-4-3-7-23-11)19-8-12-14(17-18-15(12)20)13(9-19)16(21)22-2/h3-4,7-10H,5-6H2,1-2H3,(H,18,20)/t10-/m0/s1. The van der Waals surface area contributed by atoms with Crippen molar-refractivity contribution in [3.05, 3.63) is 52.5 Å². The van der Waals surface area contributed by atoms with E-state index in [1.807, 2.05) is 23.6 Å². The maximum atomic E-state index is 11.9. The summed E-state index contributed by atoms with van der Waals surface area (Å²) in [6.45, 7) is 2.01. The topological polar surface area (TPSA) is 90.1 Å². The van der Waals surface area contributed by atoms with Crippen LogP contribution < -0.4 is 5.56 Å². The molecular weight excluding hydrogens is 298 g/mol. The summed E-state index contributed by atoms with van der Waals surface area (Å²) in [4.78, 5) is 23.8. The maximum Gasteiger partial charge on any atom is 0.341 e. The number of nitrogens with one attached hydrogen (secondary N) is 1. The molecule has 23 heavy (non-hydrogen) atoms. The van der Waals surface area contributed by atoms with Gasteiger partial charge in [0.25, 0.3) is 5.56 Å². The minimum atomic E-state index is -0.519. The van der Waals surface area contributed by atoms with Gasteiger partial charge in [0.1, 0.15) is 17.0 Å². The fourth-order valence-electron chi connectivity index (χ4n) is 2.53. The Morgan fingerprint density at radius 3 is 3.00 bits per heavy atom. The van der Waals surface area contributed by atoms with E-state index in [0.29, 0.717) is 11.3 Å².